The molecule has 2 heterocycles. The highest BCUT2D eigenvalue weighted by Gasteiger charge is 2.18. The number of carboxylic acids is 1. The van der Waals surface area contributed by atoms with E-state index in [2.05, 4.69) is 0 Å². The lowest BCUT2D eigenvalue weighted by molar-refractivity contribution is -0.136. The minimum atomic E-state index is -0.845. The van der Waals surface area contributed by atoms with E-state index in [-0.39, 0.29) is 6.42 Å². The van der Waals surface area contributed by atoms with E-state index < -0.39 is 5.97 Å². The fourth-order valence-electron chi connectivity index (χ4n) is 2.65. The second-order valence-corrected chi connectivity index (χ2v) is 5.07. The van der Waals surface area contributed by atoms with Gasteiger partial charge in [-0.3, -0.25) is 4.79 Å². The van der Waals surface area contributed by atoms with Gasteiger partial charge < -0.3 is 24.9 Å². The number of fused-ring (bicyclic) bond motifs is 2. The van der Waals surface area contributed by atoms with Gasteiger partial charge in [0.25, 0.3) is 0 Å². The highest BCUT2D eigenvalue weighted by atomic mass is 16.6. The van der Waals surface area contributed by atoms with Crippen LogP contribution in [0.1, 0.15) is 12.0 Å². The summed E-state index contributed by atoms with van der Waals surface area (Å²) in [6.45, 7) is 2.40. The molecular formula is C15H18N2O4. The van der Waals surface area contributed by atoms with E-state index in [0.29, 0.717) is 31.3 Å². The summed E-state index contributed by atoms with van der Waals surface area (Å²) in [4.78, 5) is 11.0. The average Bonchev–Trinajstić information content (AvgIpc) is 2.79. The number of aliphatic carboxylic acids is 1. The third-order valence-corrected chi connectivity index (χ3v) is 3.57. The Hall–Kier alpha value is -2.21. The molecule has 0 radical (unpaired) electrons. The molecule has 3 N–H and O–H groups in total. The number of carboxylic acid groups (broad SMARTS) is 1. The Morgan fingerprint density at radius 2 is 2.00 bits per heavy atom. The van der Waals surface area contributed by atoms with Gasteiger partial charge in [0.1, 0.15) is 13.2 Å². The predicted molar refractivity (Wildman–Crippen MR) is 77.9 cm³/mol. The smallest absolute Gasteiger partial charge is 0.307 e. The molecule has 112 valence electrons. The fourth-order valence-corrected chi connectivity index (χ4v) is 2.65. The van der Waals surface area contributed by atoms with Crippen LogP contribution in [0.25, 0.3) is 10.9 Å². The van der Waals surface area contributed by atoms with E-state index in [1.54, 1.807) is 0 Å². The maximum Gasteiger partial charge on any atom is 0.307 e. The van der Waals surface area contributed by atoms with Gasteiger partial charge in [0, 0.05) is 24.2 Å². The summed E-state index contributed by atoms with van der Waals surface area (Å²) in [5.41, 5.74) is 7.31. The number of nitrogens with two attached hydrogens (primary N) is 1. The van der Waals surface area contributed by atoms with Crippen molar-refractivity contribution in [2.45, 2.75) is 19.4 Å². The van der Waals surface area contributed by atoms with Crippen molar-refractivity contribution in [1.29, 1.82) is 0 Å². The Balaban J connectivity index is 2.10. The molecule has 0 atom stereocenters. The number of aryl methyl sites for hydroxylation is 1. The maximum atomic E-state index is 11.0. The molecule has 0 saturated heterocycles. The Morgan fingerprint density at radius 3 is 2.67 bits per heavy atom. The minimum absolute atomic E-state index is 0.00817. The quantitative estimate of drug-likeness (QED) is 0.869. The van der Waals surface area contributed by atoms with Crippen LogP contribution in [0.5, 0.6) is 11.5 Å². The second-order valence-electron chi connectivity index (χ2n) is 5.07. The summed E-state index contributed by atoms with van der Waals surface area (Å²) >= 11 is 0. The molecular weight excluding hydrogens is 272 g/mol. The van der Waals surface area contributed by atoms with Crippen LogP contribution < -0.4 is 15.2 Å². The molecule has 1 aromatic heterocycles. The summed E-state index contributed by atoms with van der Waals surface area (Å²) in [7, 11) is 0. The van der Waals surface area contributed by atoms with Crippen LogP contribution in [0.3, 0.4) is 0 Å². The van der Waals surface area contributed by atoms with Crippen LogP contribution in [0.15, 0.2) is 18.3 Å². The van der Waals surface area contributed by atoms with Crippen LogP contribution >= 0.6 is 0 Å². The molecule has 0 fully saturated rings. The van der Waals surface area contributed by atoms with Gasteiger partial charge in [0.15, 0.2) is 11.5 Å². The summed E-state index contributed by atoms with van der Waals surface area (Å²) in [6.07, 6.45) is 2.72. The van der Waals surface area contributed by atoms with Crippen LogP contribution in [0, 0.1) is 0 Å². The van der Waals surface area contributed by atoms with Gasteiger partial charge in [-0.05, 0) is 24.6 Å². The zero-order chi connectivity index (χ0) is 14.8. The Kier molecular flexibility index (Phi) is 3.70. The summed E-state index contributed by atoms with van der Waals surface area (Å²) < 4.78 is 13.2. The molecule has 0 saturated carbocycles. The zero-order valence-electron chi connectivity index (χ0n) is 11.7. The maximum absolute atomic E-state index is 11.0. The normalized spacial score (nSPS) is 13.6. The molecule has 6 heteroatoms. The lowest BCUT2D eigenvalue weighted by Gasteiger charge is -2.18. The SMILES string of the molecule is NCCCn1cc(CC(=O)O)c2cc3c(cc21)OCCO3. The van der Waals surface area contributed by atoms with Crippen LogP contribution in [0.4, 0.5) is 0 Å². The van der Waals surface area contributed by atoms with Crippen molar-refractivity contribution in [1.82, 2.24) is 4.57 Å². The number of benzene rings is 1. The third kappa shape index (κ3) is 2.67. The molecule has 0 aliphatic carbocycles. The van der Waals surface area contributed by atoms with E-state index in [4.69, 9.17) is 20.3 Å². The van der Waals surface area contributed by atoms with Crippen molar-refractivity contribution < 1.29 is 19.4 Å². The average molecular weight is 290 g/mol. The standard InChI is InChI=1S/C15H18N2O4/c16-2-1-3-17-9-10(6-15(18)19)11-7-13-14(8-12(11)17)21-5-4-20-13/h7-9H,1-6,16H2,(H,18,19). The number of nitrogens with zero attached hydrogens (tertiary/aromatic N) is 1. The Bertz CT molecular complexity index is 678. The summed E-state index contributed by atoms with van der Waals surface area (Å²) in [5.74, 6) is 0.544. The first-order valence-electron chi connectivity index (χ1n) is 7.02. The molecule has 0 amide bonds. The van der Waals surface area contributed by atoms with E-state index in [9.17, 15) is 4.79 Å². The molecule has 6 nitrogen and oxygen atoms in total. The molecule has 21 heavy (non-hydrogen) atoms. The van der Waals surface area contributed by atoms with E-state index in [0.717, 1.165) is 29.4 Å². The second kappa shape index (κ2) is 5.65. The van der Waals surface area contributed by atoms with Gasteiger partial charge in [0.05, 0.1) is 11.9 Å². The van der Waals surface area contributed by atoms with Crippen molar-refractivity contribution in [3.63, 3.8) is 0 Å². The van der Waals surface area contributed by atoms with Gasteiger partial charge in [-0.1, -0.05) is 0 Å². The molecule has 1 aliphatic rings. The number of hydrogen-bond donors (Lipinski definition) is 2. The van der Waals surface area contributed by atoms with Crippen molar-refractivity contribution in [2.24, 2.45) is 5.73 Å². The van der Waals surface area contributed by atoms with E-state index >= 15 is 0 Å². The van der Waals surface area contributed by atoms with Gasteiger partial charge in [-0.15, -0.1) is 0 Å². The van der Waals surface area contributed by atoms with Gasteiger partial charge in [-0.25, -0.2) is 0 Å². The largest absolute Gasteiger partial charge is 0.486 e. The first-order valence-corrected chi connectivity index (χ1v) is 7.02. The first-order chi connectivity index (χ1) is 10.2. The van der Waals surface area contributed by atoms with Crippen LogP contribution in [-0.4, -0.2) is 35.4 Å². The zero-order valence-corrected chi connectivity index (χ0v) is 11.7. The molecule has 2 aromatic rings. The van der Waals surface area contributed by atoms with Crippen molar-refractivity contribution in [3.05, 3.63) is 23.9 Å². The Morgan fingerprint density at radius 1 is 1.29 bits per heavy atom. The predicted octanol–water partition coefficient (Wildman–Crippen LogP) is 1.39. The number of hydrogen-bond acceptors (Lipinski definition) is 4. The number of ether oxygens (including phenoxy) is 2. The molecule has 3 rings (SSSR count). The Labute approximate surface area is 122 Å². The molecule has 1 aliphatic heterocycles. The lowest BCUT2D eigenvalue weighted by atomic mass is 10.1. The van der Waals surface area contributed by atoms with Gasteiger partial charge >= 0.3 is 5.97 Å². The van der Waals surface area contributed by atoms with Crippen molar-refractivity contribution in [2.75, 3.05) is 19.8 Å². The molecule has 0 unspecified atom stereocenters. The van der Waals surface area contributed by atoms with Gasteiger partial charge in [-0.2, -0.15) is 0 Å². The highest BCUT2D eigenvalue weighted by Crippen LogP contribution is 2.36. The summed E-state index contributed by atoms with van der Waals surface area (Å²) in [6, 6.07) is 3.80. The van der Waals surface area contributed by atoms with E-state index in [1.807, 2.05) is 22.9 Å². The number of aromatic nitrogens is 1. The molecule has 0 spiro atoms. The van der Waals surface area contributed by atoms with Crippen LogP contribution in [-0.2, 0) is 17.8 Å². The highest BCUT2D eigenvalue weighted by molar-refractivity contribution is 5.90. The molecule has 1 aromatic carbocycles. The van der Waals surface area contributed by atoms with Crippen molar-refractivity contribution >= 4 is 16.9 Å². The summed E-state index contributed by atoms with van der Waals surface area (Å²) in [5, 5.41) is 9.97. The number of rotatable bonds is 5. The first kappa shape index (κ1) is 13.8. The van der Waals surface area contributed by atoms with E-state index in [1.165, 1.54) is 0 Å². The fraction of sp³-hybridized carbons (Fsp3) is 0.400. The third-order valence-electron chi connectivity index (χ3n) is 3.57. The van der Waals surface area contributed by atoms with Crippen molar-refractivity contribution in [3.8, 4) is 11.5 Å². The van der Waals surface area contributed by atoms with Crippen LogP contribution in [0.2, 0.25) is 0 Å². The minimum Gasteiger partial charge on any atom is -0.486 e. The monoisotopic (exact) mass is 290 g/mol. The lowest BCUT2D eigenvalue weighted by Crippen LogP contribution is -2.15. The van der Waals surface area contributed by atoms with Gasteiger partial charge in [0.2, 0.25) is 0 Å². The number of carbonyl (C=O) groups is 1. The molecule has 0 bridgehead atoms. The topological polar surface area (TPSA) is 86.7 Å².